The van der Waals surface area contributed by atoms with E-state index >= 15 is 0 Å². The summed E-state index contributed by atoms with van der Waals surface area (Å²) in [5, 5.41) is 20.8. The normalized spacial score (nSPS) is 10.3. The molecule has 1 N–H and O–H groups in total. The van der Waals surface area contributed by atoms with E-state index in [2.05, 4.69) is 15.5 Å². The molecule has 0 spiro atoms. The molecular formula is C16H12N4O5. The molecule has 1 heterocycles. The fourth-order valence-corrected chi connectivity index (χ4v) is 2.05. The average Bonchev–Trinajstić information content (AvgIpc) is 3.10. The highest BCUT2D eigenvalue weighted by Gasteiger charge is 2.15. The van der Waals surface area contributed by atoms with Gasteiger partial charge in [0.15, 0.2) is 0 Å². The molecule has 0 aliphatic heterocycles. The third-order valence-electron chi connectivity index (χ3n) is 3.30. The molecule has 0 saturated heterocycles. The minimum atomic E-state index is -0.589. The number of ether oxygens (including phenoxy) is 1. The van der Waals surface area contributed by atoms with Crippen molar-refractivity contribution in [3.05, 3.63) is 64.2 Å². The number of aromatic nitrogens is 2. The number of amides is 1. The van der Waals surface area contributed by atoms with Crippen LogP contribution in [0.3, 0.4) is 0 Å². The highest BCUT2D eigenvalue weighted by Crippen LogP contribution is 2.23. The number of benzene rings is 2. The van der Waals surface area contributed by atoms with Crippen molar-refractivity contribution in [3.8, 4) is 17.2 Å². The van der Waals surface area contributed by atoms with Crippen LogP contribution in [0.2, 0.25) is 0 Å². The molecule has 3 rings (SSSR count). The lowest BCUT2D eigenvalue weighted by molar-refractivity contribution is -0.384. The fourth-order valence-electron chi connectivity index (χ4n) is 2.05. The maximum atomic E-state index is 12.1. The van der Waals surface area contributed by atoms with E-state index in [-0.39, 0.29) is 23.2 Å². The Balaban J connectivity index is 1.75. The van der Waals surface area contributed by atoms with E-state index in [1.807, 2.05) is 0 Å². The van der Waals surface area contributed by atoms with Crippen molar-refractivity contribution in [1.29, 1.82) is 0 Å². The number of carbonyl (C=O) groups excluding carboxylic acids is 1. The van der Waals surface area contributed by atoms with Crippen molar-refractivity contribution in [2.75, 3.05) is 12.4 Å². The van der Waals surface area contributed by atoms with E-state index in [9.17, 15) is 14.9 Å². The highest BCUT2D eigenvalue weighted by molar-refractivity contribution is 6.03. The van der Waals surface area contributed by atoms with Crippen molar-refractivity contribution < 1.29 is 18.9 Å². The quantitative estimate of drug-likeness (QED) is 0.560. The van der Waals surface area contributed by atoms with Gasteiger partial charge >= 0.3 is 6.01 Å². The summed E-state index contributed by atoms with van der Waals surface area (Å²) in [7, 11) is 1.56. The van der Waals surface area contributed by atoms with Crippen LogP contribution in [0.25, 0.3) is 11.5 Å². The number of nitrogens with zero attached hydrogens (tertiary/aromatic N) is 3. The Morgan fingerprint density at radius 1 is 1.20 bits per heavy atom. The summed E-state index contributed by atoms with van der Waals surface area (Å²) >= 11 is 0. The molecule has 0 aliphatic rings. The fraction of sp³-hybridized carbons (Fsp3) is 0.0625. The molecule has 2 aromatic carbocycles. The molecule has 0 fully saturated rings. The molecule has 0 aliphatic carbocycles. The Hall–Kier alpha value is -3.75. The second-order valence-corrected chi connectivity index (χ2v) is 4.90. The first-order chi connectivity index (χ1) is 12.1. The molecule has 0 bridgehead atoms. The molecule has 3 aromatic rings. The zero-order valence-electron chi connectivity index (χ0n) is 13.0. The van der Waals surface area contributed by atoms with Crippen molar-refractivity contribution in [1.82, 2.24) is 10.2 Å². The third kappa shape index (κ3) is 3.61. The Morgan fingerprint density at radius 2 is 1.96 bits per heavy atom. The van der Waals surface area contributed by atoms with Crippen LogP contribution >= 0.6 is 0 Å². The van der Waals surface area contributed by atoms with E-state index in [0.717, 1.165) is 6.07 Å². The van der Waals surface area contributed by atoms with Crippen LogP contribution in [-0.2, 0) is 0 Å². The number of nitro groups is 1. The van der Waals surface area contributed by atoms with Gasteiger partial charge in [-0.1, -0.05) is 11.2 Å². The Morgan fingerprint density at radius 3 is 2.64 bits per heavy atom. The summed E-state index contributed by atoms with van der Waals surface area (Å²) in [6.07, 6.45) is 0. The standard InChI is InChI=1S/C16H12N4O5/c1-24-13-7-5-10(6-8-13)15-18-19-16(25-15)17-14(21)11-3-2-4-12(9-11)20(22)23/h2-9H,1H3,(H,17,19,21). The molecule has 0 unspecified atom stereocenters. The van der Waals surface area contributed by atoms with E-state index in [4.69, 9.17) is 9.15 Å². The number of rotatable bonds is 5. The smallest absolute Gasteiger partial charge is 0.322 e. The second-order valence-electron chi connectivity index (χ2n) is 4.90. The van der Waals surface area contributed by atoms with Gasteiger partial charge in [-0.05, 0) is 30.3 Å². The van der Waals surface area contributed by atoms with Gasteiger partial charge < -0.3 is 9.15 Å². The first kappa shape index (κ1) is 16.1. The molecule has 0 saturated carbocycles. The highest BCUT2D eigenvalue weighted by atomic mass is 16.6. The van der Waals surface area contributed by atoms with Crippen LogP contribution in [0.5, 0.6) is 5.75 Å². The monoisotopic (exact) mass is 340 g/mol. The Kier molecular flexibility index (Phi) is 4.38. The molecule has 0 radical (unpaired) electrons. The summed E-state index contributed by atoms with van der Waals surface area (Å²) in [5.41, 5.74) is 0.583. The summed E-state index contributed by atoms with van der Waals surface area (Å²) < 4.78 is 10.5. The van der Waals surface area contributed by atoms with E-state index in [1.54, 1.807) is 31.4 Å². The zero-order valence-corrected chi connectivity index (χ0v) is 13.0. The Bertz CT molecular complexity index is 920. The van der Waals surface area contributed by atoms with Crippen LogP contribution in [0, 0.1) is 10.1 Å². The van der Waals surface area contributed by atoms with Crippen LogP contribution in [0.1, 0.15) is 10.4 Å². The molecule has 1 aromatic heterocycles. The first-order valence-corrected chi connectivity index (χ1v) is 7.10. The van der Waals surface area contributed by atoms with Gasteiger partial charge in [-0.15, -0.1) is 5.10 Å². The molecular weight excluding hydrogens is 328 g/mol. The predicted octanol–water partition coefficient (Wildman–Crippen LogP) is 2.91. The zero-order chi connectivity index (χ0) is 17.8. The van der Waals surface area contributed by atoms with Crippen LogP contribution in [0.4, 0.5) is 11.7 Å². The largest absolute Gasteiger partial charge is 0.497 e. The number of non-ortho nitro benzene ring substituents is 1. The number of nitrogens with one attached hydrogen (secondary N) is 1. The lowest BCUT2D eigenvalue weighted by atomic mass is 10.2. The van der Waals surface area contributed by atoms with Gasteiger partial charge in [0.25, 0.3) is 11.6 Å². The summed E-state index contributed by atoms with van der Waals surface area (Å²) in [4.78, 5) is 22.3. The van der Waals surface area contributed by atoms with Gasteiger partial charge in [-0.2, -0.15) is 0 Å². The van der Waals surface area contributed by atoms with Crippen molar-refractivity contribution in [3.63, 3.8) is 0 Å². The molecule has 9 heteroatoms. The number of methoxy groups -OCH3 is 1. The lowest BCUT2D eigenvalue weighted by Gasteiger charge is -2.01. The predicted molar refractivity (Wildman–Crippen MR) is 87.3 cm³/mol. The molecule has 1 amide bonds. The van der Waals surface area contributed by atoms with Gasteiger partial charge in [0.05, 0.1) is 12.0 Å². The maximum Gasteiger partial charge on any atom is 0.322 e. The van der Waals surface area contributed by atoms with Gasteiger partial charge in [0.1, 0.15) is 5.75 Å². The third-order valence-corrected chi connectivity index (χ3v) is 3.30. The molecule has 25 heavy (non-hydrogen) atoms. The van der Waals surface area contributed by atoms with Gasteiger partial charge in [0.2, 0.25) is 5.89 Å². The maximum absolute atomic E-state index is 12.1. The van der Waals surface area contributed by atoms with Crippen LogP contribution < -0.4 is 10.1 Å². The second kappa shape index (κ2) is 6.79. The minimum absolute atomic E-state index is 0.109. The first-order valence-electron chi connectivity index (χ1n) is 7.10. The average molecular weight is 340 g/mol. The van der Waals surface area contributed by atoms with Crippen molar-refractivity contribution in [2.24, 2.45) is 0 Å². The number of hydrogen-bond donors (Lipinski definition) is 1. The van der Waals surface area contributed by atoms with Crippen LogP contribution in [-0.4, -0.2) is 28.1 Å². The number of nitro benzene ring substituents is 1. The summed E-state index contributed by atoms with van der Waals surface area (Å²) in [5.74, 6) is 0.313. The van der Waals surface area contributed by atoms with E-state index in [0.29, 0.717) is 11.3 Å². The number of anilines is 1. The van der Waals surface area contributed by atoms with E-state index in [1.165, 1.54) is 18.2 Å². The number of hydrogen-bond acceptors (Lipinski definition) is 7. The Labute approximate surface area is 141 Å². The van der Waals surface area contributed by atoms with Crippen molar-refractivity contribution >= 4 is 17.6 Å². The van der Waals surface area contributed by atoms with Gasteiger partial charge in [-0.25, -0.2) is 0 Å². The van der Waals surface area contributed by atoms with Gasteiger partial charge in [0, 0.05) is 23.3 Å². The SMILES string of the molecule is COc1ccc(-c2nnc(NC(=O)c3cccc([N+](=O)[O-])c3)o2)cc1. The number of carbonyl (C=O) groups is 1. The van der Waals surface area contributed by atoms with Crippen LogP contribution in [0.15, 0.2) is 52.9 Å². The molecule has 9 nitrogen and oxygen atoms in total. The van der Waals surface area contributed by atoms with Crippen molar-refractivity contribution in [2.45, 2.75) is 0 Å². The lowest BCUT2D eigenvalue weighted by Crippen LogP contribution is -2.12. The van der Waals surface area contributed by atoms with Gasteiger partial charge in [-0.3, -0.25) is 20.2 Å². The summed E-state index contributed by atoms with van der Waals surface area (Å²) in [6.45, 7) is 0. The molecule has 126 valence electrons. The topological polar surface area (TPSA) is 120 Å². The molecule has 0 atom stereocenters. The van der Waals surface area contributed by atoms with E-state index < -0.39 is 10.8 Å². The minimum Gasteiger partial charge on any atom is -0.497 e. The summed E-state index contributed by atoms with van der Waals surface area (Å²) in [6, 6.07) is 12.2.